The first-order valence-corrected chi connectivity index (χ1v) is 6.65. The summed E-state index contributed by atoms with van der Waals surface area (Å²) < 4.78 is 7.46. The summed E-state index contributed by atoms with van der Waals surface area (Å²) in [7, 11) is 1.62. The van der Waals surface area contributed by atoms with Gasteiger partial charge in [0.2, 0.25) is 0 Å². The zero-order valence-corrected chi connectivity index (χ0v) is 12.8. The Morgan fingerprint density at radius 3 is 2.25 bits per heavy atom. The molecule has 0 heterocycles. The number of hydrogen-bond acceptors (Lipinski definition) is 2. The normalized spacial score (nSPS) is 16.9. The van der Waals surface area contributed by atoms with E-state index in [0.29, 0.717) is 6.42 Å². The second-order valence-electron chi connectivity index (χ2n) is 4.07. The molecule has 2 unspecified atom stereocenters. The first-order valence-electron chi connectivity index (χ1n) is 5.07. The zero-order valence-electron chi connectivity index (χ0n) is 9.63. The summed E-state index contributed by atoms with van der Waals surface area (Å²) in [6.07, 6.45) is 0.111. The van der Waals surface area contributed by atoms with Gasteiger partial charge in [-0.2, -0.15) is 0 Å². The van der Waals surface area contributed by atoms with E-state index < -0.39 is 11.7 Å². The molecule has 2 atom stereocenters. The van der Waals surface area contributed by atoms with Gasteiger partial charge < -0.3 is 9.84 Å². The average molecular weight is 352 g/mol. The van der Waals surface area contributed by atoms with E-state index in [-0.39, 0.29) is 0 Å². The number of ether oxygens (including phenoxy) is 1. The Balaban J connectivity index is 3.03. The Hall–Kier alpha value is 0.1000. The molecular formula is C12H16Br2O2. The summed E-state index contributed by atoms with van der Waals surface area (Å²) in [6.45, 7) is 3.65. The van der Waals surface area contributed by atoms with Crippen LogP contribution in [0.2, 0.25) is 0 Å². The molecule has 4 heteroatoms. The second kappa shape index (κ2) is 5.63. The molecule has 1 rings (SSSR count). The predicted molar refractivity (Wildman–Crippen MR) is 72.6 cm³/mol. The first-order chi connectivity index (χ1) is 7.40. The molecule has 1 N–H and O–H groups in total. The summed E-state index contributed by atoms with van der Waals surface area (Å²) in [6, 6.07) is 5.93. The van der Waals surface area contributed by atoms with E-state index in [1.807, 2.05) is 25.1 Å². The van der Waals surface area contributed by atoms with Crippen LogP contribution in [0.4, 0.5) is 0 Å². The SMILES string of the molecule is COC(C)(Cc1c(Br)cccc1Br)C(C)O. The van der Waals surface area contributed by atoms with Crippen LogP contribution in [0, 0.1) is 0 Å². The summed E-state index contributed by atoms with van der Waals surface area (Å²) in [5.41, 5.74) is 0.527. The Bertz CT molecular complexity index is 346. The van der Waals surface area contributed by atoms with Crippen LogP contribution in [0.1, 0.15) is 19.4 Å². The molecule has 0 saturated heterocycles. The number of halogens is 2. The third kappa shape index (κ3) is 3.06. The second-order valence-corrected chi connectivity index (χ2v) is 5.78. The van der Waals surface area contributed by atoms with Gasteiger partial charge in [-0.25, -0.2) is 0 Å². The van der Waals surface area contributed by atoms with Gasteiger partial charge in [0, 0.05) is 22.5 Å². The first kappa shape index (κ1) is 14.2. The molecular weight excluding hydrogens is 336 g/mol. The summed E-state index contributed by atoms with van der Waals surface area (Å²) in [5.74, 6) is 0. The summed E-state index contributed by atoms with van der Waals surface area (Å²) >= 11 is 7.02. The number of hydrogen-bond donors (Lipinski definition) is 1. The van der Waals surface area contributed by atoms with Crippen LogP contribution in [-0.2, 0) is 11.2 Å². The minimum Gasteiger partial charge on any atom is -0.390 e. The Morgan fingerprint density at radius 1 is 1.38 bits per heavy atom. The lowest BCUT2D eigenvalue weighted by atomic mass is 9.91. The molecule has 0 bridgehead atoms. The van der Waals surface area contributed by atoms with Crippen LogP contribution in [-0.4, -0.2) is 23.9 Å². The molecule has 0 aliphatic heterocycles. The third-order valence-electron chi connectivity index (χ3n) is 2.94. The molecule has 0 aliphatic rings. The van der Waals surface area contributed by atoms with Crippen LogP contribution in [0.5, 0.6) is 0 Å². The topological polar surface area (TPSA) is 29.5 Å². The van der Waals surface area contributed by atoms with Crippen molar-refractivity contribution in [3.8, 4) is 0 Å². The molecule has 0 fully saturated rings. The highest BCUT2D eigenvalue weighted by atomic mass is 79.9. The quantitative estimate of drug-likeness (QED) is 0.898. The number of benzene rings is 1. The van der Waals surface area contributed by atoms with Crippen molar-refractivity contribution in [3.05, 3.63) is 32.7 Å². The molecule has 1 aromatic carbocycles. The lowest BCUT2D eigenvalue weighted by Gasteiger charge is -2.32. The van der Waals surface area contributed by atoms with Crippen molar-refractivity contribution in [3.63, 3.8) is 0 Å². The fraction of sp³-hybridized carbons (Fsp3) is 0.500. The van der Waals surface area contributed by atoms with E-state index in [2.05, 4.69) is 31.9 Å². The molecule has 16 heavy (non-hydrogen) atoms. The van der Waals surface area contributed by atoms with E-state index in [1.54, 1.807) is 14.0 Å². The van der Waals surface area contributed by atoms with Gasteiger partial charge in [0.15, 0.2) is 0 Å². The van der Waals surface area contributed by atoms with Gasteiger partial charge in [-0.15, -0.1) is 0 Å². The van der Waals surface area contributed by atoms with E-state index in [4.69, 9.17) is 4.74 Å². The maximum atomic E-state index is 9.76. The van der Waals surface area contributed by atoms with Crippen molar-refractivity contribution in [2.45, 2.75) is 32.0 Å². The van der Waals surface area contributed by atoms with Gasteiger partial charge in [-0.3, -0.25) is 0 Å². The largest absolute Gasteiger partial charge is 0.390 e. The van der Waals surface area contributed by atoms with Gasteiger partial charge >= 0.3 is 0 Å². The lowest BCUT2D eigenvalue weighted by molar-refractivity contribution is -0.0816. The van der Waals surface area contributed by atoms with Crippen LogP contribution in [0.15, 0.2) is 27.1 Å². The molecule has 1 aromatic rings. The van der Waals surface area contributed by atoms with Crippen molar-refractivity contribution in [1.29, 1.82) is 0 Å². The molecule has 0 radical (unpaired) electrons. The van der Waals surface area contributed by atoms with E-state index in [1.165, 1.54) is 0 Å². The monoisotopic (exact) mass is 350 g/mol. The fourth-order valence-electron chi connectivity index (χ4n) is 1.44. The zero-order chi connectivity index (χ0) is 12.3. The average Bonchev–Trinajstić information content (AvgIpc) is 2.23. The van der Waals surface area contributed by atoms with Crippen LogP contribution in [0.25, 0.3) is 0 Å². The Kier molecular flexibility index (Phi) is 4.98. The molecule has 90 valence electrons. The van der Waals surface area contributed by atoms with Gasteiger partial charge in [0.25, 0.3) is 0 Å². The van der Waals surface area contributed by atoms with Crippen molar-refractivity contribution in [2.75, 3.05) is 7.11 Å². The van der Waals surface area contributed by atoms with Crippen molar-refractivity contribution in [1.82, 2.24) is 0 Å². The maximum absolute atomic E-state index is 9.76. The van der Waals surface area contributed by atoms with Crippen LogP contribution >= 0.6 is 31.9 Å². The summed E-state index contributed by atoms with van der Waals surface area (Å²) in [4.78, 5) is 0. The van der Waals surface area contributed by atoms with Crippen molar-refractivity contribution < 1.29 is 9.84 Å². The Morgan fingerprint density at radius 2 is 1.88 bits per heavy atom. The predicted octanol–water partition coefficient (Wildman–Crippen LogP) is 3.54. The van der Waals surface area contributed by atoms with Crippen LogP contribution < -0.4 is 0 Å². The highest BCUT2D eigenvalue weighted by Crippen LogP contribution is 2.31. The molecule has 0 spiro atoms. The fourth-order valence-corrected chi connectivity index (χ4v) is 2.72. The minimum absolute atomic E-state index is 0.531. The Labute approximate surface area is 113 Å². The lowest BCUT2D eigenvalue weighted by Crippen LogP contribution is -2.41. The van der Waals surface area contributed by atoms with Gasteiger partial charge in [-0.1, -0.05) is 37.9 Å². The minimum atomic E-state index is -0.577. The smallest absolute Gasteiger partial charge is 0.0946 e. The highest BCUT2D eigenvalue weighted by Gasteiger charge is 2.31. The van der Waals surface area contributed by atoms with Gasteiger partial charge in [-0.05, 0) is 31.5 Å². The standard InChI is InChI=1S/C12H16Br2O2/c1-8(15)12(2,16-3)7-9-10(13)5-4-6-11(9)14/h4-6,8,15H,7H2,1-3H3. The van der Waals surface area contributed by atoms with Gasteiger partial charge in [0.05, 0.1) is 11.7 Å². The van der Waals surface area contributed by atoms with Crippen molar-refractivity contribution in [2.24, 2.45) is 0 Å². The van der Waals surface area contributed by atoms with Crippen LogP contribution in [0.3, 0.4) is 0 Å². The summed E-state index contributed by atoms with van der Waals surface area (Å²) in [5, 5.41) is 9.76. The number of aliphatic hydroxyl groups excluding tert-OH is 1. The van der Waals surface area contributed by atoms with Crippen molar-refractivity contribution >= 4 is 31.9 Å². The third-order valence-corrected chi connectivity index (χ3v) is 4.43. The molecule has 0 saturated carbocycles. The number of methoxy groups -OCH3 is 1. The van der Waals surface area contributed by atoms with E-state index in [9.17, 15) is 5.11 Å². The molecule has 2 nitrogen and oxygen atoms in total. The number of aliphatic hydroxyl groups is 1. The van der Waals surface area contributed by atoms with Gasteiger partial charge in [0.1, 0.15) is 0 Å². The molecule has 0 aliphatic carbocycles. The maximum Gasteiger partial charge on any atom is 0.0946 e. The highest BCUT2D eigenvalue weighted by molar-refractivity contribution is 9.11. The van der Waals surface area contributed by atoms with E-state index in [0.717, 1.165) is 14.5 Å². The number of rotatable bonds is 4. The molecule has 0 amide bonds. The molecule has 0 aromatic heterocycles. The van der Waals surface area contributed by atoms with E-state index >= 15 is 0 Å².